The van der Waals surface area contributed by atoms with Crippen molar-refractivity contribution in [2.75, 3.05) is 5.32 Å². The van der Waals surface area contributed by atoms with Crippen LogP contribution in [-0.2, 0) is 4.79 Å². The van der Waals surface area contributed by atoms with Crippen LogP contribution in [0.25, 0.3) is 0 Å². The molecule has 98 valence electrons. The molecule has 0 saturated carbocycles. The second kappa shape index (κ2) is 6.74. The van der Waals surface area contributed by atoms with Gasteiger partial charge in [-0.1, -0.05) is 13.0 Å². The van der Waals surface area contributed by atoms with Crippen LogP contribution >= 0.6 is 0 Å². The molecule has 1 N–H and O–H groups in total. The molecule has 0 unspecified atom stereocenters. The fraction of sp³-hybridized carbons (Fsp3) is 0.308. The normalized spacial score (nSPS) is 11.5. The second-order valence-corrected chi connectivity index (χ2v) is 3.65. The number of amides is 1. The van der Waals surface area contributed by atoms with Gasteiger partial charge in [0.2, 0.25) is 0 Å². The fourth-order valence-corrected chi connectivity index (χ4v) is 1.35. The van der Waals surface area contributed by atoms with E-state index in [4.69, 9.17) is 0 Å². The minimum Gasteiger partial charge on any atom is -0.435 e. The van der Waals surface area contributed by atoms with E-state index in [1.54, 1.807) is 6.92 Å². The number of carbonyl (C=O) groups excluding carboxylic acids is 1. The van der Waals surface area contributed by atoms with E-state index in [9.17, 15) is 13.6 Å². The molecule has 0 radical (unpaired) electrons. The van der Waals surface area contributed by atoms with Gasteiger partial charge in [0, 0.05) is 11.3 Å². The number of allylic oxidation sites excluding steroid dienone is 1. The van der Waals surface area contributed by atoms with Crippen LogP contribution < -0.4 is 10.1 Å². The van der Waals surface area contributed by atoms with Gasteiger partial charge in [-0.15, -0.1) is 0 Å². The summed E-state index contributed by atoms with van der Waals surface area (Å²) in [6, 6.07) is 5.77. The third kappa shape index (κ3) is 4.53. The lowest BCUT2D eigenvalue weighted by Crippen LogP contribution is -2.12. The highest BCUT2D eigenvalue weighted by Crippen LogP contribution is 2.18. The quantitative estimate of drug-likeness (QED) is 0.816. The van der Waals surface area contributed by atoms with E-state index in [0.717, 1.165) is 6.42 Å². The van der Waals surface area contributed by atoms with Crippen LogP contribution in [0.1, 0.15) is 20.3 Å². The summed E-state index contributed by atoms with van der Waals surface area (Å²) in [7, 11) is 0. The van der Waals surface area contributed by atoms with Crippen molar-refractivity contribution in [2.24, 2.45) is 0 Å². The number of benzene rings is 1. The lowest BCUT2D eigenvalue weighted by molar-refractivity contribution is -0.112. The van der Waals surface area contributed by atoms with Gasteiger partial charge in [-0.2, -0.15) is 8.78 Å². The van der Waals surface area contributed by atoms with Crippen LogP contribution in [0.15, 0.2) is 35.9 Å². The molecule has 0 aliphatic rings. The van der Waals surface area contributed by atoms with E-state index in [1.807, 2.05) is 13.0 Å². The summed E-state index contributed by atoms with van der Waals surface area (Å²) in [5.74, 6) is -0.150. The van der Waals surface area contributed by atoms with Gasteiger partial charge in [-0.3, -0.25) is 4.79 Å². The molecule has 5 heteroatoms. The molecule has 0 aliphatic carbocycles. The van der Waals surface area contributed by atoms with E-state index in [-0.39, 0.29) is 11.7 Å². The average molecular weight is 255 g/mol. The smallest absolute Gasteiger partial charge is 0.387 e. The first-order chi connectivity index (χ1) is 8.52. The highest BCUT2D eigenvalue weighted by Gasteiger charge is 2.06. The maximum absolute atomic E-state index is 11.9. The zero-order valence-electron chi connectivity index (χ0n) is 10.2. The number of halogens is 2. The molecule has 0 atom stereocenters. The molecule has 1 amide bonds. The first-order valence-electron chi connectivity index (χ1n) is 5.56. The number of hydrogen-bond donors (Lipinski definition) is 1. The van der Waals surface area contributed by atoms with Crippen molar-refractivity contribution in [3.63, 3.8) is 0 Å². The topological polar surface area (TPSA) is 38.3 Å². The number of nitrogens with one attached hydrogen (secondary N) is 1. The van der Waals surface area contributed by atoms with Crippen molar-refractivity contribution in [1.29, 1.82) is 0 Å². The van der Waals surface area contributed by atoms with Gasteiger partial charge in [0.15, 0.2) is 0 Å². The molecular weight excluding hydrogens is 240 g/mol. The Bertz CT molecular complexity index is 427. The number of carbonyl (C=O) groups is 1. The van der Waals surface area contributed by atoms with Crippen molar-refractivity contribution in [1.82, 2.24) is 0 Å². The van der Waals surface area contributed by atoms with Crippen molar-refractivity contribution in [3.8, 4) is 5.75 Å². The summed E-state index contributed by atoms with van der Waals surface area (Å²) >= 11 is 0. The maximum Gasteiger partial charge on any atom is 0.387 e. The summed E-state index contributed by atoms with van der Waals surface area (Å²) in [5, 5.41) is 2.66. The zero-order valence-corrected chi connectivity index (χ0v) is 10.2. The third-order valence-corrected chi connectivity index (χ3v) is 2.21. The third-order valence-electron chi connectivity index (χ3n) is 2.21. The fourth-order valence-electron chi connectivity index (χ4n) is 1.35. The number of hydrogen-bond acceptors (Lipinski definition) is 2. The summed E-state index contributed by atoms with van der Waals surface area (Å²) in [6.45, 7) is 0.806. The highest BCUT2D eigenvalue weighted by atomic mass is 19.3. The van der Waals surface area contributed by atoms with Crippen LogP contribution in [0.3, 0.4) is 0 Å². The molecule has 1 rings (SSSR count). The first kappa shape index (κ1) is 14.2. The lowest BCUT2D eigenvalue weighted by atomic mass is 10.2. The molecule has 0 bridgehead atoms. The molecule has 1 aromatic rings. The Morgan fingerprint density at radius 1 is 1.39 bits per heavy atom. The molecular formula is C13H15F2NO2. The number of anilines is 1. The lowest BCUT2D eigenvalue weighted by Gasteiger charge is -2.07. The molecule has 0 spiro atoms. The number of ether oxygens (including phenoxy) is 1. The molecule has 0 saturated heterocycles. The van der Waals surface area contributed by atoms with Gasteiger partial charge in [0.05, 0.1) is 0 Å². The summed E-state index contributed by atoms with van der Waals surface area (Å²) in [4.78, 5) is 11.6. The molecule has 18 heavy (non-hydrogen) atoms. The zero-order chi connectivity index (χ0) is 13.5. The first-order valence-corrected chi connectivity index (χ1v) is 5.56. The standard InChI is InChI=1S/C13H15F2NO2/c1-3-4-9(2)12(17)16-10-5-7-11(8-6-10)18-13(14)15/h4-8,13H,3H2,1-2H3,(H,16,17). The summed E-state index contributed by atoms with van der Waals surface area (Å²) in [5.41, 5.74) is 1.15. The van der Waals surface area contributed by atoms with Gasteiger partial charge in [0.1, 0.15) is 5.75 Å². The molecule has 0 aromatic heterocycles. The summed E-state index contributed by atoms with van der Waals surface area (Å²) in [6.07, 6.45) is 2.59. The second-order valence-electron chi connectivity index (χ2n) is 3.65. The minimum absolute atomic E-state index is 0.0591. The van der Waals surface area contributed by atoms with E-state index < -0.39 is 6.61 Å². The molecule has 3 nitrogen and oxygen atoms in total. The SMILES string of the molecule is CCC=C(C)C(=O)Nc1ccc(OC(F)F)cc1. The molecule has 0 heterocycles. The van der Waals surface area contributed by atoms with Gasteiger partial charge >= 0.3 is 6.61 Å². The minimum atomic E-state index is -2.85. The van der Waals surface area contributed by atoms with Gasteiger partial charge < -0.3 is 10.1 Å². The highest BCUT2D eigenvalue weighted by molar-refractivity contribution is 6.03. The van der Waals surface area contributed by atoms with Crippen molar-refractivity contribution in [2.45, 2.75) is 26.9 Å². The van der Waals surface area contributed by atoms with Crippen LogP contribution in [0.2, 0.25) is 0 Å². The van der Waals surface area contributed by atoms with Crippen LogP contribution in [-0.4, -0.2) is 12.5 Å². The van der Waals surface area contributed by atoms with Gasteiger partial charge in [-0.05, 0) is 37.6 Å². The molecule has 0 fully saturated rings. The van der Waals surface area contributed by atoms with Crippen LogP contribution in [0.5, 0.6) is 5.75 Å². The monoisotopic (exact) mass is 255 g/mol. The van der Waals surface area contributed by atoms with Crippen molar-refractivity contribution >= 4 is 11.6 Å². The van der Waals surface area contributed by atoms with Crippen molar-refractivity contribution in [3.05, 3.63) is 35.9 Å². The Morgan fingerprint density at radius 3 is 2.50 bits per heavy atom. The van der Waals surface area contributed by atoms with Gasteiger partial charge in [-0.25, -0.2) is 0 Å². The van der Waals surface area contributed by atoms with Crippen molar-refractivity contribution < 1.29 is 18.3 Å². The van der Waals surface area contributed by atoms with E-state index in [2.05, 4.69) is 10.1 Å². The number of rotatable bonds is 5. The van der Waals surface area contributed by atoms with E-state index in [1.165, 1.54) is 24.3 Å². The average Bonchev–Trinajstić information content (AvgIpc) is 2.31. The Hall–Kier alpha value is -1.91. The maximum atomic E-state index is 11.9. The molecule has 0 aliphatic heterocycles. The predicted molar refractivity (Wildman–Crippen MR) is 65.8 cm³/mol. The summed E-state index contributed by atoms with van der Waals surface area (Å²) < 4.78 is 28.0. The number of alkyl halides is 2. The van der Waals surface area contributed by atoms with Gasteiger partial charge in [0.25, 0.3) is 5.91 Å². The molecule has 1 aromatic carbocycles. The Balaban J connectivity index is 2.64. The van der Waals surface area contributed by atoms with E-state index in [0.29, 0.717) is 11.3 Å². The Morgan fingerprint density at radius 2 is 2.00 bits per heavy atom. The largest absolute Gasteiger partial charge is 0.435 e. The predicted octanol–water partition coefficient (Wildman–Crippen LogP) is 3.58. The van der Waals surface area contributed by atoms with Crippen LogP contribution in [0, 0.1) is 0 Å². The Labute approximate surface area is 104 Å². The van der Waals surface area contributed by atoms with E-state index >= 15 is 0 Å². The van der Waals surface area contributed by atoms with Crippen LogP contribution in [0.4, 0.5) is 14.5 Å². The Kier molecular flexibility index (Phi) is 5.30.